The van der Waals surface area contributed by atoms with E-state index in [4.69, 9.17) is 11.6 Å². The van der Waals surface area contributed by atoms with Gasteiger partial charge < -0.3 is 9.80 Å². The van der Waals surface area contributed by atoms with E-state index in [0.717, 1.165) is 37.6 Å². The SMILES string of the molecule is CC(=O)N1CCN(c2ccc(Cl)nc2C)CC1. The van der Waals surface area contributed by atoms with Gasteiger partial charge in [-0.15, -0.1) is 0 Å². The number of carbonyl (C=O) groups is 1. The number of pyridine rings is 1. The first kappa shape index (κ1) is 12.2. The summed E-state index contributed by atoms with van der Waals surface area (Å²) >= 11 is 5.84. The summed E-state index contributed by atoms with van der Waals surface area (Å²) in [5.41, 5.74) is 2.05. The number of rotatable bonds is 1. The third-order valence-corrected chi connectivity index (χ3v) is 3.30. The van der Waals surface area contributed by atoms with E-state index < -0.39 is 0 Å². The molecule has 0 aliphatic carbocycles. The summed E-state index contributed by atoms with van der Waals surface area (Å²) in [5, 5.41) is 0.522. The minimum Gasteiger partial charge on any atom is -0.367 e. The molecule has 1 aliphatic heterocycles. The minimum absolute atomic E-state index is 0.149. The van der Waals surface area contributed by atoms with Crippen molar-refractivity contribution in [3.05, 3.63) is 23.0 Å². The topological polar surface area (TPSA) is 36.4 Å². The molecule has 0 N–H and O–H groups in total. The normalized spacial score (nSPS) is 16.2. The van der Waals surface area contributed by atoms with Gasteiger partial charge in [0.05, 0.1) is 11.4 Å². The minimum atomic E-state index is 0.149. The van der Waals surface area contributed by atoms with Crippen LogP contribution in [-0.4, -0.2) is 42.0 Å². The summed E-state index contributed by atoms with van der Waals surface area (Å²) in [6.45, 7) is 6.82. The highest BCUT2D eigenvalue weighted by Crippen LogP contribution is 2.21. The fourth-order valence-corrected chi connectivity index (χ4v) is 2.31. The van der Waals surface area contributed by atoms with Crippen LogP contribution in [0.1, 0.15) is 12.6 Å². The number of anilines is 1. The Hall–Kier alpha value is -1.29. The van der Waals surface area contributed by atoms with Gasteiger partial charge in [0, 0.05) is 33.1 Å². The highest BCUT2D eigenvalue weighted by atomic mass is 35.5. The van der Waals surface area contributed by atoms with E-state index in [-0.39, 0.29) is 5.91 Å². The zero-order valence-corrected chi connectivity index (χ0v) is 10.9. The van der Waals surface area contributed by atoms with Crippen molar-refractivity contribution in [1.82, 2.24) is 9.88 Å². The highest BCUT2D eigenvalue weighted by Gasteiger charge is 2.20. The van der Waals surface area contributed by atoms with Gasteiger partial charge in [0.15, 0.2) is 0 Å². The first-order chi connectivity index (χ1) is 8.08. The molecule has 1 amide bonds. The number of aromatic nitrogens is 1. The Labute approximate surface area is 106 Å². The molecule has 0 spiro atoms. The van der Waals surface area contributed by atoms with Crippen LogP contribution >= 0.6 is 11.6 Å². The van der Waals surface area contributed by atoms with Gasteiger partial charge in [0.1, 0.15) is 5.15 Å². The summed E-state index contributed by atoms with van der Waals surface area (Å²) in [7, 11) is 0. The zero-order valence-electron chi connectivity index (χ0n) is 10.1. The van der Waals surface area contributed by atoms with Gasteiger partial charge >= 0.3 is 0 Å². The van der Waals surface area contributed by atoms with Crippen LogP contribution < -0.4 is 4.90 Å². The Morgan fingerprint density at radius 2 is 1.94 bits per heavy atom. The molecule has 0 aromatic carbocycles. The van der Waals surface area contributed by atoms with Gasteiger partial charge in [-0.1, -0.05) is 11.6 Å². The molecule has 4 nitrogen and oxygen atoms in total. The zero-order chi connectivity index (χ0) is 12.4. The molecule has 1 aliphatic rings. The van der Waals surface area contributed by atoms with Crippen LogP contribution in [0, 0.1) is 6.92 Å². The standard InChI is InChI=1S/C12H16ClN3O/c1-9-11(3-4-12(13)14-9)16-7-5-15(6-8-16)10(2)17/h3-4H,5-8H2,1-2H3. The second-order valence-electron chi connectivity index (χ2n) is 4.23. The maximum Gasteiger partial charge on any atom is 0.219 e. The summed E-state index contributed by atoms with van der Waals surface area (Å²) in [6.07, 6.45) is 0. The van der Waals surface area contributed by atoms with Crippen molar-refractivity contribution in [1.29, 1.82) is 0 Å². The fourth-order valence-electron chi connectivity index (χ4n) is 2.12. The molecular weight excluding hydrogens is 238 g/mol. The van der Waals surface area contributed by atoms with Crippen molar-refractivity contribution < 1.29 is 4.79 Å². The molecule has 5 heteroatoms. The number of halogens is 1. The maximum atomic E-state index is 11.2. The number of amides is 1. The Morgan fingerprint density at radius 3 is 2.47 bits per heavy atom. The van der Waals surface area contributed by atoms with Crippen molar-refractivity contribution in [3.8, 4) is 0 Å². The maximum absolute atomic E-state index is 11.2. The molecule has 0 bridgehead atoms. The molecule has 0 atom stereocenters. The number of hydrogen-bond acceptors (Lipinski definition) is 3. The summed E-state index contributed by atoms with van der Waals surface area (Å²) in [6, 6.07) is 3.80. The molecule has 0 radical (unpaired) electrons. The quantitative estimate of drug-likeness (QED) is 0.715. The van der Waals surface area contributed by atoms with E-state index in [2.05, 4.69) is 9.88 Å². The second kappa shape index (κ2) is 4.92. The monoisotopic (exact) mass is 253 g/mol. The molecule has 1 saturated heterocycles. The summed E-state index contributed by atoms with van der Waals surface area (Å²) in [4.78, 5) is 19.6. The number of aryl methyl sites for hydroxylation is 1. The molecule has 92 valence electrons. The second-order valence-corrected chi connectivity index (χ2v) is 4.62. The van der Waals surface area contributed by atoms with Crippen LogP contribution in [0.4, 0.5) is 5.69 Å². The first-order valence-corrected chi connectivity index (χ1v) is 6.09. The molecular formula is C12H16ClN3O. The predicted octanol–water partition coefficient (Wildman–Crippen LogP) is 1.71. The van der Waals surface area contributed by atoms with E-state index in [0.29, 0.717) is 5.15 Å². The lowest BCUT2D eigenvalue weighted by Gasteiger charge is -2.36. The van der Waals surface area contributed by atoms with Crippen molar-refractivity contribution in [2.24, 2.45) is 0 Å². The number of hydrogen-bond donors (Lipinski definition) is 0. The Kier molecular flexibility index (Phi) is 3.52. The van der Waals surface area contributed by atoms with E-state index in [9.17, 15) is 4.79 Å². The van der Waals surface area contributed by atoms with Gasteiger partial charge in [0.25, 0.3) is 0 Å². The largest absolute Gasteiger partial charge is 0.367 e. The van der Waals surface area contributed by atoms with Gasteiger partial charge in [-0.05, 0) is 19.1 Å². The third kappa shape index (κ3) is 2.69. The molecule has 1 aromatic heterocycles. The lowest BCUT2D eigenvalue weighted by molar-refractivity contribution is -0.129. The van der Waals surface area contributed by atoms with Crippen LogP contribution in [0.3, 0.4) is 0 Å². The van der Waals surface area contributed by atoms with Crippen molar-refractivity contribution in [2.45, 2.75) is 13.8 Å². The molecule has 17 heavy (non-hydrogen) atoms. The molecule has 1 aromatic rings. The van der Waals surface area contributed by atoms with Gasteiger partial charge in [-0.2, -0.15) is 0 Å². The number of piperazine rings is 1. The van der Waals surface area contributed by atoms with Crippen LogP contribution in [0.5, 0.6) is 0 Å². The molecule has 0 saturated carbocycles. The number of nitrogens with zero attached hydrogens (tertiary/aromatic N) is 3. The molecule has 1 fully saturated rings. The van der Waals surface area contributed by atoms with Crippen LogP contribution in [-0.2, 0) is 4.79 Å². The predicted molar refractivity (Wildman–Crippen MR) is 68.5 cm³/mol. The van der Waals surface area contributed by atoms with Crippen LogP contribution in [0.25, 0.3) is 0 Å². The summed E-state index contributed by atoms with van der Waals surface area (Å²) < 4.78 is 0. The van der Waals surface area contributed by atoms with Gasteiger partial charge in [-0.3, -0.25) is 4.79 Å². The Morgan fingerprint density at radius 1 is 1.29 bits per heavy atom. The van der Waals surface area contributed by atoms with E-state index in [1.54, 1.807) is 13.0 Å². The summed E-state index contributed by atoms with van der Waals surface area (Å²) in [5.74, 6) is 0.149. The molecule has 2 heterocycles. The third-order valence-electron chi connectivity index (χ3n) is 3.09. The molecule has 2 rings (SSSR count). The van der Waals surface area contributed by atoms with E-state index in [1.807, 2.05) is 17.9 Å². The van der Waals surface area contributed by atoms with Crippen LogP contribution in [0.2, 0.25) is 5.15 Å². The van der Waals surface area contributed by atoms with Crippen molar-refractivity contribution in [2.75, 3.05) is 31.1 Å². The average molecular weight is 254 g/mol. The Balaban J connectivity index is 2.08. The van der Waals surface area contributed by atoms with Crippen molar-refractivity contribution in [3.63, 3.8) is 0 Å². The van der Waals surface area contributed by atoms with Crippen LogP contribution in [0.15, 0.2) is 12.1 Å². The number of carbonyl (C=O) groups excluding carboxylic acids is 1. The lowest BCUT2D eigenvalue weighted by atomic mass is 10.2. The highest BCUT2D eigenvalue weighted by molar-refractivity contribution is 6.29. The van der Waals surface area contributed by atoms with E-state index >= 15 is 0 Å². The van der Waals surface area contributed by atoms with Crippen molar-refractivity contribution >= 4 is 23.2 Å². The molecule has 0 unspecified atom stereocenters. The Bertz CT molecular complexity index is 428. The van der Waals surface area contributed by atoms with Gasteiger partial charge in [0.2, 0.25) is 5.91 Å². The first-order valence-electron chi connectivity index (χ1n) is 5.71. The smallest absolute Gasteiger partial charge is 0.219 e. The lowest BCUT2D eigenvalue weighted by Crippen LogP contribution is -2.48. The fraction of sp³-hybridized carbons (Fsp3) is 0.500. The van der Waals surface area contributed by atoms with E-state index in [1.165, 1.54) is 0 Å². The van der Waals surface area contributed by atoms with Gasteiger partial charge in [-0.25, -0.2) is 4.98 Å². The average Bonchev–Trinajstić information content (AvgIpc) is 2.29.